The molecule has 1 fully saturated rings. The molecule has 148 valence electrons. The Balaban J connectivity index is 1.69. The zero-order valence-corrected chi connectivity index (χ0v) is 16.0. The summed E-state index contributed by atoms with van der Waals surface area (Å²) >= 11 is 0. The molecule has 1 aliphatic heterocycles. The number of ether oxygens (including phenoxy) is 1. The second-order valence-corrected chi connectivity index (χ2v) is 8.87. The van der Waals surface area contributed by atoms with Crippen LogP contribution in [-0.2, 0) is 20.5 Å². The topological polar surface area (TPSA) is 110 Å². The van der Waals surface area contributed by atoms with E-state index < -0.39 is 27.3 Å². The van der Waals surface area contributed by atoms with Gasteiger partial charge in [0.15, 0.2) is 5.60 Å². The first kappa shape index (κ1) is 18.9. The van der Waals surface area contributed by atoms with Crippen molar-refractivity contribution in [1.82, 2.24) is 0 Å². The van der Waals surface area contributed by atoms with E-state index in [-0.39, 0.29) is 34.8 Å². The standard InChI is InChI=1S/C20H20O7S/c1-13-4-7-15(8-5-13)28(24,25)27-14-6-9-16-17(12-14)26-18(21)20(23)11-3-2-10-19(16,20)22/h4-9,12,22-23H,2-3,10-11H2,1H3/t19-,20+/m1/s1. The Hall–Kier alpha value is -2.42. The molecule has 4 rings (SSSR count). The third-order valence-electron chi connectivity index (χ3n) is 5.47. The van der Waals surface area contributed by atoms with Crippen LogP contribution in [0, 0.1) is 6.92 Å². The lowest BCUT2D eigenvalue weighted by molar-refractivity contribution is -0.212. The number of fused-ring (bicyclic) bond motifs is 3. The van der Waals surface area contributed by atoms with E-state index in [1.807, 2.05) is 6.92 Å². The highest BCUT2D eigenvalue weighted by Crippen LogP contribution is 2.51. The van der Waals surface area contributed by atoms with Crippen LogP contribution >= 0.6 is 0 Å². The van der Waals surface area contributed by atoms with Crippen molar-refractivity contribution in [3.8, 4) is 11.5 Å². The molecule has 1 saturated carbocycles. The van der Waals surface area contributed by atoms with Crippen LogP contribution in [0.4, 0.5) is 0 Å². The lowest BCUT2D eigenvalue weighted by Crippen LogP contribution is -2.62. The van der Waals surface area contributed by atoms with Gasteiger partial charge in [-0.3, -0.25) is 0 Å². The number of hydrogen-bond acceptors (Lipinski definition) is 7. The van der Waals surface area contributed by atoms with Crippen LogP contribution in [0.15, 0.2) is 47.4 Å². The fourth-order valence-electron chi connectivity index (χ4n) is 3.85. The second-order valence-electron chi connectivity index (χ2n) is 7.33. The number of aliphatic hydroxyl groups is 2. The molecule has 0 aromatic heterocycles. The van der Waals surface area contributed by atoms with E-state index in [0.717, 1.165) is 5.56 Å². The van der Waals surface area contributed by atoms with E-state index in [4.69, 9.17) is 8.92 Å². The number of hydrogen-bond donors (Lipinski definition) is 2. The maximum absolute atomic E-state index is 12.5. The molecule has 0 bridgehead atoms. The van der Waals surface area contributed by atoms with E-state index in [2.05, 4.69) is 0 Å². The molecule has 0 amide bonds. The van der Waals surface area contributed by atoms with Crippen molar-refractivity contribution < 1.29 is 32.3 Å². The first-order valence-corrected chi connectivity index (χ1v) is 10.4. The van der Waals surface area contributed by atoms with Crippen LogP contribution in [0.25, 0.3) is 0 Å². The molecule has 7 nitrogen and oxygen atoms in total. The molecule has 28 heavy (non-hydrogen) atoms. The molecule has 2 aromatic rings. The predicted molar refractivity (Wildman–Crippen MR) is 98.4 cm³/mol. The largest absolute Gasteiger partial charge is 0.424 e. The predicted octanol–water partition coefficient (Wildman–Crippen LogP) is 2.17. The molecule has 0 unspecified atom stereocenters. The average molecular weight is 404 g/mol. The highest BCUT2D eigenvalue weighted by atomic mass is 32.2. The van der Waals surface area contributed by atoms with Crippen LogP contribution in [0.3, 0.4) is 0 Å². The quantitative estimate of drug-likeness (QED) is 0.458. The molecule has 2 N–H and O–H groups in total. The number of carbonyl (C=O) groups excluding carboxylic acids is 1. The van der Waals surface area contributed by atoms with Crippen LogP contribution in [0.5, 0.6) is 11.5 Å². The fourth-order valence-corrected chi connectivity index (χ4v) is 4.77. The fraction of sp³-hybridized carbons (Fsp3) is 0.350. The molecule has 0 radical (unpaired) electrons. The van der Waals surface area contributed by atoms with Crippen LogP contribution in [0.2, 0.25) is 0 Å². The van der Waals surface area contributed by atoms with Gasteiger partial charge in [0, 0.05) is 11.6 Å². The van der Waals surface area contributed by atoms with Gasteiger partial charge in [-0.2, -0.15) is 8.42 Å². The molecule has 1 heterocycles. The number of rotatable bonds is 3. The summed E-state index contributed by atoms with van der Waals surface area (Å²) in [4.78, 5) is 12.4. The minimum absolute atomic E-state index is 0.00639. The molecule has 2 atom stereocenters. The number of benzene rings is 2. The lowest BCUT2D eigenvalue weighted by Gasteiger charge is -2.48. The zero-order chi connectivity index (χ0) is 20.2. The summed E-state index contributed by atoms with van der Waals surface area (Å²) in [6.45, 7) is 1.84. The summed E-state index contributed by atoms with van der Waals surface area (Å²) in [5.41, 5.74) is -2.62. The third kappa shape index (κ3) is 2.80. The molecule has 2 aromatic carbocycles. The van der Waals surface area contributed by atoms with Crippen LogP contribution in [0.1, 0.15) is 36.8 Å². The summed E-state index contributed by atoms with van der Waals surface area (Å²) in [6.07, 6.45) is 1.54. The Bertz CT molecular complexity index is 1040. The van der Waals surface area contributed by atoms with Crippen molar-refractivity contribution in [2.75, 3.05) is 0 Å². The third-order valence-corrected chi connectivity index (χ3v) is 6.73. The minimum atomic E-state index is -4.07. The van der Waals surface area contributed by atoms with E-state index in [1.165, 1.54) is 30.3 Å². The molecule has 0 saturated heterocycles. The lowest BCUT2D eigenvalue weighted by atomic mass is 9.66. The van der Waals surface area contributed by atoms with Gasteiger partial charge in [-0.25, -0.2) is 4.79 Å². The van der Waals surface area contributed by atoms with Gasteiger partial charge in [-0.15, -0.1) is 0 Å². The Morgan fingerprint density at radius 3 is 2.32 bits per heavy atom. The zero-order valence-electron chi connectivity index (χ0n) is 15.2. The van der Waals surface area contributed by atoms with E-state index >= 15 is 0 Å². The molecule has 0 spiro atoms. The molecule has 8 heteroatoms. The summed E-state index contributed by atoms with van der Waals surface area (Å²) < 4.78 is 35.3. The van der Waals surface area contributed by atoms with Crippen LogP contribution < -0.4 is 8.92 Å². The Labute approximate surface area is 162 Å². The van der Waals surface area contributed by atoms with Gasteiger partial charge in [0.1, 0.15) is 22.0 Å². The Morgan fingerprint density at radius 1 is 1.00 bits per heavy atom. The summed E-state index contributed by atoms with van der Waals surface area (Å²) in [6, 6.07) is 10.2. The van der Waals surface area contributed by atoms with Gasteiger partial charge in [-0.05, 0) is 56.9 Å². The smallest absolute Gasteiger partial charge is 0.346 e. The van der Waals surface area contributed by atoms with E-state index in [9.17, 15) is 23.4 Å². The second kappa shape index (κ2) is 6.30. The summed E-state index contributed by atoms with van der Waals surface area (Å²) in [7, 11) is -4.07. The summed E-state index contributed by atoms with van der Waals surface area (Å²) in [5, 5.41) is 21.8. The van der Waals surface area contributed by atoms with Gasteiger partial charge >= 0.3 is 16.1 Å². The van der Waals surface area contributed by atoms with Crippen molar-refractivity contribution in [2.24, 2.45) is 0 Å². The monoisotopic (exact) mass is 404 g/mol. The van der Waals surface area contributed by atoms with Crippen molar-refractivity contribution in [2.45, 2.75) is 48.7 Å². The summed E-state index contributed by atoms with van der Waals surface area (Å²) in [5.74, 6) is -1.02. The van der Waals surface area contributed by atoms with E-state index in [1.54, 1.807) is 12.1 Å². The van der Waals surface area contributed by atoms with Crippen LogP contribution in [-0.4, -0.2) is 30.2 Å². The normalized spacial score (nSPS) is 26.8. The van der Waals surface area contributed by atoms with Gasteiger partial charge < -0.3 is 19.1 Å². The highest BCUT2D eigenvalue weighted by Gasteiger charge is 2.61. The number of esters is 1. The minimum Gasteiger partial charge on any atom is -0.424 e. The first-order valence-electron chi connectivity index (χ1n) is 8.98. The molecule has 2 aliphatic rings. The SMILES string of the molecule is Cc1ccc(S(=O)(=O)Oc2ccc3c(c2)OC(=O)[C@@]2(O)CCCC[C@@]32O)cc1. The maximum Gasteiger partial charge on any atom is 0.346 e. The average Bonchev–Trinajstić information content (AvgIpc) is 2.63. The highest BCUT2D eigenvalue weighted by molar-refractivity contribution is 7.87. The first-order chi connectivity index (χ1) is 13.2. The maximum atomic E-state index is 12.5. The van der Waals surface area contributed by atoms with E-state index in [0.29, 0.717) is 12.8 Å². The van der Waals surface area contributed by atoms with Gasteiger partial charge in [0.2, 0.25) is 0 Å². The molecular formula is C20H20O7S. The Morgan fingerprint density at radius 2 is 1.64 bits per heavy atom. The van der Waals surface area contributed by atoms with Gasteiger partial charge in [-0.1, -0.05) is 17.7 Å². The van der Waals surface area contributed by atoms with Crippen molar-refractivity contribution >= 4 is 16.1 Å². The number of aryl methyl sites for hydroxylation is 1. The van der Waals surface area contributed by atoms with Crippen molar-refractivity contribution in [3.05, 3.63) is 53.6 Å². The number of carbonyl (C=O) groups is 1. The van der Waals surface area contributed by atoms with Crippen molar-refractivity contribution in [1.29, 1.82) is 0 Å². The Kier molecular flexibility index (Phi) is 4.26. The molecule has 1 aliphatic carbocycles. The molecular weight excluding hydrogens is 384 g/mol. The van der Waals surface area contributed by atoms with Gasteiger partial charge in [0.05, 0.1) is 0 Å². The van der Waals surface area contributed by atoms with Gasteiger partial charge in [0.25, 0.3) is 0 Å². The van der Waals surface area contributed by atoms with Crippen molar-refractivity contribution in [3.63, 3.8) is 0 Å².